The summed E-state index contributed by atoms with van der Waals surface area (Å²) in [6.45, 7) is 15.9. The van der Waals surface area contributed by atoms with Crippen molar-refractivity contribution in [3.8, 4) is 5.75 Å². The summed E-state index contributed by atoms with van der Waals surface area (Å²) in [5.41, 5.74) is 32.3. The molecule has 2 aromatic carbocycles. The van der Waals surface area contributed by atoms with Crippen LogP contribution in [0.2, 0.25) is 0 Å². The third kappa shape index (κ3) is 35.6. The fourth-order valence-electron chi connectivity index (χ4n) is 12.3. The average molecular weight is 1460 g/mol. The molecule has 13 radical (unpaired) electrons. The quantitative estimate of drug-likeness (QED) is 0.0201. The Balaban J connectivity index is 0.00000371. The number of aromatic hydroxyl groups is 1. The smallest absolute Gasteiger partial charge is 0.629 e. The maximum Gasteiger partial charge on any atom is 1.00 e. The minimum Gasteiger partial charge on any atom is -0.629 e. The molecule has 3 rings (SSSR count). The summed E-state index contributed by atoms with van der Waals surface area (Å²) in [6.07, 6.45) is 8.06. The van der Waals surface area contributed by atoms with E-state index in [1.54, 1.807) is 52.1 Å². The van der Waals surface area contributed by atoms with E-state index in [-0.39, 0.29) is 145 Å². The minimum absolute atomic E-state index is 0. The number of nitrogens with two attached hydrogens (primary N) is 5. The zero-order valence-corrected chi connectivity index (χ0v) is 67.4. The first-order valence-corrected chi connectivity index (χ1v) is 38.3. The van der Waals surface area contributed by atoms with Crippen molar-refractivity contribution in [2.24, 2.45) is 69.6 Å². The third-order valence-corrected chi connectivity index (χ3v) is 20.9. The molecule has 4 amide bonds. The van der Waals surface area contributed by atoms with Crippen molar-refractivity contribution in [1.29, 1.82) is 0 Å². The van der Waals surface area contributed by atoms with Crippen LogP contribution >= 0.6 is 20.1 Å². The number of rotatable bonds is 53. The van der Waals surface area contributed by atoms with Gasteiger partial charge in [0.05, 0.1) is 29.6 Å². The Labute approximate surface area is 673 Å². The van der Waals surface area contributed by atoms with Gasteiger partial charge in [-0.25, -0.2) is 0 Å². The van der Waals surface area contributed by atoms with Gasteiger partial charge in [0.2, 0.25) is 23.6 Å². The van der Waals surface area contributed by atoms with Crippen molar-refractivity contribution >= 4 is 157 Å². The molecule has 20 nitrogen and oxygen atoms in total. The van der Waals surface area contributed by atoms with Crippen LogP contribution in [-0.4, -0.2) is 210 Å². The molecule has 103 heavy (non-hydrogen) atoms. The number of unbranched alkanes of at least 4 members (excludes halogenated alkanes) is 2. The van der Waals surface area contributed by atoms with Gasteiger partial charge in [-0.3, -0.25) is 43.2 Å². The Morgan fingerprint density at radius 1 is 0.631 bits per heavy atom. The molecule has 0 fully saturated rings. The van der Waals surface area contributed by atoms with Crippen LogP contribution < -0.4 is 101 Å². The molecular weight excluding hydrogens is 1350 g/mol. The number of thioether (sulfide) groups is 1. The van der Waals surface area contributed by atoms with Gasteiger partial charge in [-0.1, -0.05) is 89.2 Å². The van der Waals surface area contributed by atoms with Gasteiger partial charge in [-0.15, -0.1) is 12.4 Å². The molecular formula is C69H108B11KN10O10PS. The van der Waals surface area contributed by atoms with Gasteiger partial charge in [0.25, 0.3) is 0 Å². The van der Waals surface area contributed by atoms with Crippen LogP contribution in [0.3, 0.4) is 0 Å². The van der Waals surface area contributed by atoms with E-state index in [9.17, 15) is 48.3 Å². The number of nitrogens with one attached hydrogen (secondary N) is 5. The van der Waals surface area contributed by atoms with Gasteiger partial charge in [-0.05, 0) is 248 Å². The molecule has 0 bridgehead atoms. The van der Waals surface area contributed by atoms with Crippen LogP contribution in [0.25, 0.3) is 6.08 Å². The molecule has 1 aromatic heterocycles. The zero-order valence-electron chi connectivity index (χ0n) is 62.5. The summed E-state index contributed by atoms with van der Waals surface area (Å²) in [5, 5.41) is 22.1. The number of Topliss-reactive ketones (excluding diaryl/α,β-unsaturated/α-hetero) is 5. The van der Waals surface area contributed by atoms with E-state index >= 15 is 0 Å². The van der Waals surface area contributed by atoms with Gasteiger partial charge in [0.15, 0.2) is 23.1 Å². The molecule has 0 aliphatic carbocycles. The van der Waals surface area contributed by atoms with Crippen LogP contribution in [0.1, 0.15) is 159 Å². The molecule has 16 N–H and O–H groups in total. The van der Waals surface area contributed by atoms with Crippen molar-refractivity contribution in [3.63, 3.8) is 0 Å². The Morgan fingerprint density at radius 3 is 1.63 bits per heavy atom. The summed E-state index contributed by atoms with van der Waals surface area (Å²) in [4.78, 5) is 133. The van der Waals surface area contributed by atoms with Gasteiger partial charge in [0, 0.05) is 67.8 Å². The molecule has 8 atom stereocenters. The first-order valence-electron chi connectivity index (χ1n) is 35.9. The van der Waals surface area contributed by atoms with Crippen molar-refractivity contribution in [2.45, 2.75) is 181 Å². The number of hydrogen-bond donors (Lipinski definition) is 11. The largest absolute Gasteiger partial charge is 1.00 e. The van der Waals surface area contributed by atoms with Gasteiger partial charge < -0.3 is 68.4 Å². The summed E-state index contributed by atoms with van der Waals surface area (Å²) < 4.78 is 0. The maximum atomic E-state index is 14.9. The Morgan fingerprint density at radius 2 is 1.14 bits per heavy atom. The van der Waals surface area contributed by atoms with Crippen molar-refractivity contribution in [2.75, 3.05) is 44.7 Å². The number of H-pyrrole nitrogens is 1. The number of phenolic OH excluding ortho intramolecular Hbond substituents is 1. The summed E-state index contributed by atoms with van der Waals surface area (Å²) >= 11 is 1.47. The minimum atomic E-state index is -1.12. The molecule has 1 heterocycles. The second-order valence-corrected chi connectivity index (χ2v) is 30.0. The summed E-state index contributed by atoms with van der Waals surface area (Å²) in [5.74, 6) is -7.90. The first kappa shape index (κ1) is 97.4. The van der Waals surface area contributed by atoms with E-state index in [0.29, 0.717) is 95.3 Å². The van der Waals surface area contributed by atoms with Crippen molar-refractivity contribution in [1.82, 2.24) is 26.3 Å². The van der Waals surface area contributed by atoms with Gasteiger partial charge in [-0.2, -0.15) is 11.8 Å². The Hall–Kier alpha value is -3.58. The van der Waals surface area contributed by atoms with E-state index in [4.69, 9.17) is 75.1 Å². The number of aromatic amines is 1. The number of aryl methyl sites for hydroxylation is 1. The van der Waals surface area contributed by atoms with Crippen molar-refractivity contribution in [3.05, 3.63) is 95.3 Å². The molecule has 0 saturated carbocycles. The Kier molecular flexibility index (Phi) is 50.4. The first-order chi connectivity index (χ1) is 48.4. The summed E-state index contributed by atoms with van der Waals surface area (Å²) in [7, 11) is 34.6. The molecule has 0 aliphatic rings. The van der Waals surface area contributed by atoms with E-state index in [0.717, 1.165) is 30.7 Å². The summed E-state index contributed by atoms with van der Waals surface area (Å²) in [6, 6.07) is 11.2. The average Bonchev–Trinajstić information content (AvgIpc) is 1.72. The molecule has 0 unspecified atom stereocenters. The van der Waals surface area contributed by atoms with E-state index < -0.39 is 119 Å². The van der Waals surface area contributed by atoms with E-state index in [2.05, 4.69) is 32.8 Å². The topological polar surface area (TPSA) is 368 Å². The number of phenols is 1. The van der Waals surface area contributed by atoms with E-state index in [1.165, 1.54) is 37.9 Å². The van der Waals surface area contributed by atoms with Crippen LogP contribution in [0.5, 0.6) is 5.75 Å². The van der Waals surface area contributed by atoms with Crippen molar-refractivity contribution < 1.29 is 99.6 Å². The standard InChI is InChI=1S/C69H108N10O10S.B11P.K/c1-9-55-46(6)75-42-53(55)37-52(65(86)76-57(22-14-16-31-71)60(82)38-50(47(7)80)21-13-15-30-70)40-61(83)58(27-34-90-8)77-67(88)56(44(2)3)41-63(85)64(45(4)5)79-66(87)51(35-49-23-25-54(81)26-24-49)39-62(84)59(36-48-19-11-10-12-20-48)78-68(89)69(43-74,28-17-32-72)29-18-33-73;1-7-10(6)12-11(8(2)3)9(4)5;/h9-12,19-20,23-26,42,44-45,50-52,56-59,64,75,81H,1,13-18,21-22,27-41,43,70-74H2,2-8H3,(H,76,86)(H,77,88)(H,78,89)(H,79,87);;/q;-1;+1/t50-,51+,52+,56-,57-,58-,59-,64-;;/m0../s1. The molecule has 0 saturated heterocycles. The van der Waals surface area contributed by atoms with Crippen LogP contribution in [0, 0.1) is 47.8 Å². The fourth-order valence-corrected chi connectivity index (χ4v) is 13.7. The number of amides is 4. The predicted octanol–water partition coefficient (Wildman–Crippen LogP) is -0.0482. The fraction of sp³-hybridized carbons (Fsp3) is 0.609. The Bertz CT molecular complexity index is 3050. The van der Waals surface area contributed by atoms with E-state index in [1.807, 2.05) is 43.5 Å². The van der Waals surface area contributed by atoms with Crippen LogP contribution in [0.15, 0.2) is 67.4 Å². The SMILES string of the molecule is C=Cc1c(C[C@H](CC(=O)[C@H](CCSC)NC(=O)[C@@H](CC(=O)[C@@H](NC(=O)[C@@H](CC(=O)[C@H](Cc2ccccc2)NC(=O)C(CN)(CCCN)CCCN)Cc2ccc(O)cc2)C(C)C)C(C)C)C(=O)N[C@@H](CCCCN)C(=O)C[C@H](CCCCN)C(C)=O)c[nH]c1C.[B][B]B([B])[P-]B(B([B])[B])B([B])[B].[K+]. The molecule has 539 valence electrons. The second-order valence-electron chi connectivity index (χ2n) is 27.5. The molecule has 0 aliphatic heterocycles. The number of carbonyl (C=O) groups is 9. The maximum absolute atomic E-state index is 14.9. The van der Waals surface area contributed by atoms with Gasteiger partial charge in [0.1, 0.15) is 11.5 Å². The second kappa shape index (κ2) is 53.3. The number of carbonyl (C=O) groups excluding carboxylic acids is 9. The number of aromatic nitrogens is 1. The predicted molar refractivity (Wildman–Crippen MR) is 429 cm³/mol. The van der Waals surface area contributed by atoms with Crippen LogP contribution in [-0.2, 0) is 62.4 Å². The molecule has 3 aromatic rings. The van der Waals surface area contributed by atoms with Gasteiger partial charge >= 0.3 is 51.4 Å². The molecule has 34 heteroatoms. The third-order valence-electron chi connectivity index (χ3n) is 18.7. The van der Waals surface area contributed by atoms with Crippen LogP contribution in [0.4, 0.5) is 0 Å². The normalized spacial score (nSPS) is 13.7. The zero-order chi connectivity index (χ0) is 76.6. The monoisotopic (exact) mass is 1460 g/mol. The number of ketones is 5. The molecule has 0 spiro atoms. The number of hydrogen-bond acceptors (Lipinski definition) is 16. The number of benzene rings is 2.